The third kappa shape index (κ3) is 4.09. The summed E-state index contributed by atoms with van der Waals surface area (Å²) < 4.78 is 27.2. The van der Waals surface area contributed by atoms with E-state index < -0.39 is 11.6 Å². The third-order valence-corrected chi connectivity index (χ3v) is 5.34. The minimum absolute atomic E-state index is 0.148. The minimum atomic E-state index is -0.504. The Morgan fingerprint density at radius 2 is 1.93 bits per heavy atom. The van der Waals surface area contributed by atoms with Crippen LogP contribution in [0.15, 0.2) is 42.5 Å². The zero-order valence-corrected chi connectivity index (χ0v) is 15.6. The van der Waals surface area contributed by atoms with Crippen LogP contribution in [0.25, 0.3) is 11.1 Å². The molecule has 1 N–H and O–H groups in total. The van der Waals surface area contributed by atoms with Crippen LogP contribution in [-0.4, -0.2) is 24.2 Å². The van der Waals surface area contributed by atoms with Crippen LogP contribution < -0.4 is 4.90 Å². The second-order valence-corrected chi connectivity index (χ2v) is 7.05. The Kier molecular flexibility index (Phi) is 5.41. The smallest absolute Gasteiger partial charge is 0.232 e. The number of carbonyl (C=O) groups is 1. The molecule has 0 atom stereocenters. The molecule has 138 valence electrons. The number of halogens is 2. The normalized spacial score (nSPS) is 10.7. The summed E-state index contributed by atoms with van der Waals surface area (Å²) in [5.74, 6) is -1.15. The molecule has 4 nitrogen and oxygen atoms in total. The van der Waals surface area contributed by atoms with Crippen molar-refractivity contribution in [3.8, 4) is 11.1 Å². The van der Waals surface area contributed by atoms with Gasteiger partial charge in [0.05, 0.1) is 17.0 Å². The fourth-order valence-electron chi connectivity index (χ4n) is 2.59. The molecular weight excluding hydrogens is 368 g/mol. The molecule has 0 saturated carbocycles. The molecule has 0 aliphatic rings. The number of aromatic nitrogens is 1. The summed E-state index contributed by atoms with van der Waals surface area (Å²) in [5.41, 5.74) is 2.20. The van der Waals surface area contributed by atoms with Gasteiger partial charge in [-0.2, -0.15) is 0 Å². The van der Waals surface area contributed by atoms with Crippen LogP contribution in [0.2, 0.25) is 0 Å². The molecule has 1 amide bonds. The molecule has 0 bridgehead atoms. The molecule has 1 heterocycles. The summed E-state index contributed by atoms with van der Waals surface area (Å²) in [6.45, 7) is 1.79. The maximum absolute atomic E-state index is 13.9. The van der Waals surface area contributed by atoms with Crippen LogP contribution in [0.4, 0.5) is 13.9 Å². The Morgan fingerprint density at radius 3 is 2.56 bits per heavy atom. The van der Waals surface area contributed by atoms with Crippen molar-refractivity contribution in [3.05, 3.63) is 70.2 Å². The number of hydrogen-bond acceptors (Lipinski definition) is 4. The Balaban J connectivity index is 1.74. The Labute approximate surface area is 159 Å². The van der Waals surface area contributed by atoms with Crippen molar-refractivity contribution < 1.29 is 13.6 Å². The summed E-state index contributed by atoms with van der Waals surface area (Å²) in [6.07, 6.45) is 1.38. The number of hydrogen-bond donors (Lipinski definition) is 1. The SMILES string of the molecule is Cc1nc(N(C)C(=O)Cc2ccc(-c3cc(F)ccc3F)cc2)sc1C=N. The molecule has 0 spiro atoms. The van der Waals surface area contributed by atoms with E-state index in [0.717, 1.165) is 23.8 Å². The van der Waals surface area contributed by atoms with Crippen molar-refractivity contribution >= 4 is 28.6 Å². The molecule has 0 saturated heterocycles. The van der Waals surface area contributed by atoms with Gasteiger partial charge in [0, 0.05) is 18.8 Å². The van der Waals surface area contributed by atoms with Gasteiger partial charge in [0.2, 0.25) is 5.91 Å². The fourth-order valence-corrected chi connectivity index (χ4v) is 3.46. The highest BCUT2D eigenvalue weighted by Crippen LogP contribution is 2.26. The molecule has 0 fully saturated rings. The first-order valence-electron chi connectivity index (χ1n) is 8.18. The largest absolute Gasteiger partial charge is 0.307 e. The van der Waals surface area contributed by atoms with Crippen LogP contribution in [0.3, 0.4) is 0 Å². The van der Waals surface area contributed by atoms with Gasteiger partial charge >= 0.3 is 0 Å². The van der Waals surface area contributed by atoms with E-state index in [2.05, 4.69) is 4.98 Å². The highest BCUT2D eigenvalue weighted by atomic mass is 32.1. The first kappa shape index (κ1) is 18.8. The zero-order valence-electron chi connectivity index (χ0n) is 14.8. The number of likely N-dealkylation sites (N-methyl/N-ethyl adjacent to an activating group) is 1. The van der Waals surface area contributed by atoms with Crippen LogP contribution in [0.1, 0.15) is 16.1 Å². The van der Waals surface area contributed by atoms with Crippen LogP contribution in [-0.2, 0) is 11.2 Å². The molecule has 0 aliphatic carbocycles. The number of thiazole rings is 1. The summed E-state index contributed by atoms with van der Waals surface area (Å²) >= 11 is 1.28. The lowest BCUT2D eigenvalue weighted by Gasteiger charge is -2.14. The van der Waals surface area contributed by atoms with E-state index in [-0.39, 0.29) is 17.9 Å². The van der Waals surface area contributed by atoms with Crippen molar-refractivity contribution in [2.75, 3.05) is 11.9 Å². The molecule has 3 aromatic rings. The molecule has 1 aromatic heterocycles. The summed E-state index contributed by atoms with van der Waals surface area (Å²) in [7, 11) is 1.64. The molecule has 3 rings (SSSR count). The highest BCUT2D eigenvalue weighted by molar-refractivity contribution is 7.17. The number of benzene rings is 2. The summed E-state index contributed by atoms with van der Waals surface area (Å²) in [4.78, 5) is 19.0. The molecule has 7 heteroatoms. The van der Waals surface area contributed by atoms with Crippen molar-refractivity contribution in [1.29, 1.82) is 5.41 Å². The minimum Gasteiger partial charge on any atom is -0.307 e. The lowest BCUT2D eigenvalue weighted by atomic mass is 10.0. The van der Waals surface area contributed by atoms with Gasteiger partial charge in [-0.25, -0.2) is 13.8 Å². The first-order valence-corrected chi connectivity index (χ1v) is 8.99. The number of anilines is 1. The first-order chi connectivity index (χ1) is 12.9. The average Bonchev–Trinajstić information content (AvgIpc) is 3.04. The van der Waals surface area contributed by atoms with Gasteiger partial charge in [0.15, 0.2) is 5.13 Å². The van der Waals surface area contributed by atoms with Crippen molar-refractivity contribution in [2.45, 2.75) is 13.3 Å². The van der Waals surface area contributed by atoms with Crippen LogP contribution >= 0.6 is 11.3 Å². The maximum atomic E-state index is 13.9. The van der Waals surface area contributed by atoms with E-state index >= 15 is 0 Å². The molecular formula is C20H17F2N3OS. The number of amides is 1. The van der Waals surface area contributed by atoms with E-state index in [1.807, 2.05) is 0 Å². The van der Waals surface area contributed by atoms with Crippen LogP contribution in [0, 0.1) is 24.0 Å². The highest BCUT2D eigenvalue weighted by Gasteiger charge is 2.17. The quantitative estimate of drug-likeness (QED) is 0.653. The van der Waals surface area contributed by atoms with Gasteiger partial charge in [0.25, 0.3) is 0 Å². The van der Waals surface area contributed by atoms with E-state index in [9.17, 15) is 13.6 Å². The predicted molar refractivity (Wildman–Crippen MR) is 104 cm³/mol. The number of nitrogens with zero attached hydrogens (tertiary/aromatic N) is 2. The summed E-state index contributed by atoms with van der Waals surface area (Å²) in [6, 6.07) is 10.1. The summed E-state index contributed by atoms with van der Waals surface area (Å²) in [5, 5.41) is 7.87. The number of aryl methyl sites for hydroxylation is 1. The number of rotatable bonds is 5. The van der Waals surface area contributed by atoms with Gasteiger partial charge < -0.3 is 5.41 Å². The Morgan fingerprint density at radius 1 is 1.22 bits per heavy atom. The van der Waals surface area contributed by atoms with E-state index in [0.29, 0.717) is 21.3 Å². The fraction of sp³-hybridized carbons (Fsp3) is 0.150. The van der Waals surface area contributed by atoms with Gasteiger partial charge in [-0.1, -0.05) is 35.6 Å². The predicted octanol–water partition coefficient (Wildman–Crippen LogP) is 4.60. The number of nitrogens with one attached hydrogen (secondary N) is 1. The lowest BCUT2D eigenvalue weighted by molar-refractivity contribution is -0.117. The Hall–Kier alpha value is -2.93. The van der Waals surface area contributed by atoms with Gasteiger partial charge in [-0.3, -0.25) is 9.69 Å². The van der Waals surface area contributed by atoms with E-state index in [4.69, 9.17) is 5.41 Å². The van der Waals surface area contributed by atoms with Gasteiger partial charge in [-0.05, 0) is 36.2 Å². The van der Waals surface area contributed by atoms with Crippen LogP contribution in [0.5, 0.6) is 0 Å². The Bertz CT molecular complexity index is 999. The molecule has 27 heavy (non-hydrogen) atoms. The third-order valence-electron chi connectivity index (χ3n) is 4.16. The van der Waals surface area contributed by atoms with Crippen molar-refractivity contribution in [3.63, 3.8) is 0 Å². The topological polar surface area (TPSA) is 57.1 Å². The second kappa shape index (κ2) is 7.75. The molecule has 2 aromatic carbocycles. The van der Waals surface area contributed by atoms with E-state index in [1.165, 1.54) is 22.5 Å². The zero-order chi connectivity index (χ0) is 19.6. The van der Waals surface area contributed by atoms with Crippen molar-refractivity contribution in [1.82, 2.24) is 4.98 Å². The lowest BCUT2D eigenvalue weighted by Crippen LogP contribution is -2.27. The second-order valence-electron chi connectivity index (χ2n) is 6.04. The maximum Gasteiger partial charge on any atom is 0.232 e. The molecule has 0 unspecified atom stereocenters. The molecule has 0 aliphatic heterocycles. The molecule has 0 radical (unpaired) electrons. The van der Waals surface area contributed by atoms with Gasteiger partial charge in [-0.15, -0.1) is 0 Å². The average molecular weight is 385 g/mol. The van der Waals surface area contributed by atoms with Gasteiger partial charge in [0.1, 0.15) is 11.6 Å². The van der Waals surface area contributed by atoms with E-state index in [1.54, 1.807) is 38.2 Å². The monoisotopic (exact) mass is 385 g/mol. The van der Waals surface area contributed by atoms with Crippen molar-refractivity contribution in [2.24, 2.45) is 0 Å². The number of carbonyl (C=O) groups excluding carboxylic acids is 1. The standard InChI is InChI=1S/C20H17F2N3OS/c1-12-18(11-23)27-20(24-12)25(2)19(26)9-13-3-5-14(6-4-13)16-10-15(21)7-8-17(16)22/h3-8,10-11,23H,9H2,1-2H3.